The maximum Gasteiger partial charge on any atom is 0.300 e. The number of hydrogen-bond donors (Lipinski definition) is 3. The van der Waals surface area contributed by atoms with Gasteiger partial charge in [0.15, 0.2) is 11.5 Å². The van der Waals surface area contributed by atoms with Gasteiger partial charge in [-0.15, -0.1) is 0 Å². The van der Waals surface area contributed by atoms with Gasteiger partial charge in [0.05, 0.1) is 27.4 Å². The molecule has 0 spiro atoms. The summed E-state index contributed by atoms with van der Waals surface area (Å²) in [5.41, 5.74) is 5.78. The lowest BCUT2D eigenvalue weighted by Crippen LogP contribution is -2.30. The van der Waals surface area contributed by atoms with Crippen LogP contribution in [0.1, 0.15) is 35.3 Å². The number of H-pyrrole nitrogens is 1. The molecule has 0 fully saturated rings. The highest BCUT2D eigenvalue weighted by atomic mass is 16.5. The summed E-state index contributed by atoms with van der Waals surface area (Å²) >= 11 is 0. The van der Waals surface area contributed by atoms with Gasteiger partial charge in [-0.3, -0.25) is 4.79 Å². The van der Waals surface area contributed by atoms with E-state index < -0.39 is 5.97 Å². The van der Waals surface area contributed by atoms with E-state index in [0.717, 1.165) is 48.0 Å². The number of aliphatic carboxylic acids is 1. The summed E-state index contributed by atoms with van der Waals surface area (Å²) in [6, 6.07) is 20.5. The van der Waals surface area contributed by atoms with E-state index in [0.29, 0.717) is 23.9 Å². The Kier molecular flexibility index (Phi) is 8.20. The first-order chi connectivity index (χ1) is 17.9. The topological polar surface area (TPSA) is 102 Å². The van der Waals surface area contributed by atoms with Crippen LogP contribution in [0.15, 0.2) is 60.7 Å². The highest BCUT2D eigenvalue weighted by molar-refractivity contribution is 5.86. The number of aromatic amines is 1. The van der Waals surface area contributed by atoms with Crippen molar-refractivity contribution < 1.29 is 28.8 Å². The van der Waals surface area contributed by atoms with E-state index in [4.69, 9.17) is 28.8 Å². The van der Waals surface area contributed by atoms with Crippen molar-refractivity contribution in [3.8, 4) is 23.0 Å². The van der Waals surface area contributed by atoms with Gasteiger partial charge in [-0.05, 0) is 53.4 Å². The average molecular weight is 505 g/mol. The number of nitrogens with one attached hydrogen (secondary N) is 2. The minimum atomic E-state index is -0.833. The minimum absolute atomic E-state index is 0.0106. The molecule has 3 N–H and O–H groups in total. The predicted molar refractivity (Wildman–Crippen MR) is 142 cm³/mol. The lowest BCUT2D eigenvalue weighted by molar-refractivity contribution is -0.134. The van der Waals surface area contributed by atoms with Crippen LogP contribution in [-0.2, 0) is 17.8 Å². The van der Waals surface area contributed by atoms with Gasteiger partial charge >= 0.3 is 0 Å². The van der Waals surface area contributed by atoms with Gasteiger partial charge in [0.25, 0.3) is 5.97 Å². The lowest BCUT2D eigenvalue weighted by atomic mass is 9.94. The van der Waals surface area contributed by atoms with Gasteiger partial charge in [-0.2, -0.15) is 0 Å². The van der Waals surface area contributed by atoms with Crippen LogP contribution in [-0.4, -0.2) is 43.9 Å². The maximum absolute atomic E-state index is 9.00. The molecule has 37 heavy (non-hydrogen) atoms. The molecule has 2 heterocycles. The molecule has 0 saturated heterocycles. The third-order valence-corrected chi connectivity index (χ3v) is 6.19. The first-order valence-corrected chi connectivity index (χ1v) is 12.0. The van der Waals surface area contributed by atoms with Gasteiger partial charge in [-0.1, -0.05) is 30.3 Å². The third kappa shape index (κ3) is 5.81. The van der Waals surface area contributed by atoms with Crippen LogP contribution in [0.5, 0.6) is 23.0 Å². The fourth-order valence-electron chi connectivity index (χ4n) is 4.59. The zero-order chi connectivity index (χ0) is 26.4. The first kappa shape index (κ1) is 25.9. The highest BCUT2D eigenvalue weighted by Gasteiger charge is 2.27. The molecule has 0 saturated carbocycles. The molecule has 1 atom stereocenters. The number of carboxylic acids is 1. The number of aromatic nitrogens is 1. The Labute approximate surface area is 216 Å². The Morgan fingerprint density at radius 2 is 1.65 bits per heavy atom. The quantitative estimate of drug-likeness (QED) is 0.322. The van der Waals surface area contributed by atoms with Crippen LogP contribution in [0.3, 0.4) is 0 Å². The summed E-state index contributed by atoms with van der Waals surface area (Å²) in [6.07, 6.45) is 0.943. The normalized spacial score (nSPS) is 14.2. The summed E-state index contributed by atoms with van der Waals surface area (Å²) in [5.74, 6) is 1.93. The van der Waals surface area contributed by atoms with Crippen LogP contribution < -0.4 is 24.3 Å². The minimum Gasteiger partial charge on any atom is -0.493 e. The molecule has 4 aromatic rings. The molecule has 194 valence electrons. The van der Waals surface area contributed by atoms with Crippen LogP contribution in [0.25, 0.3) is 10.9 Å². The third-order valence-electron chi connectivity index (χ3n) is 6.19. The molecule has 5 rings (SSSR count). The standard InChI is InChI=1S/C27H28N2O4.C2H4O2/c1-30-23-13-18(14-24(31-2)27(23)32-3)25-26-20(11-12-28-25)21-15-19(9-10-22(21)29-26)33-16-17-7-5-4-6-8-17;1-2(3)4/h4-10,13-15,25,28-29H,11-12,16H2,1-3H3;1H3,(H,3,4). The van der Waals surface area contributed by atoms with Crippen molar-refractivity contribution in [3.63, 3.8) is 0 Å². The van der Waals surface area contributed by atoms with Crippen LogP contribution in [0.4, 0.5) is 0 Å². The number of carboxylic acid groups (broad SMARTS) is 1. The number of rotatable bonds is 7. The Balaban J connectivity index is 0.000000747. The van der Waals surface area contributed by atoms with Crippen LogP contribution in [0.2, 0.25) is 0 Å². The molecular weight excluding hydrogens is 472 g/mol. The lowest BCUT2D eigenvalue weighted by Gasteiger charge is -2.26. The highest BCUT2D eigenvalue weighted by Crippen LogP contribution is 2.42. The second kappa shape index (κ2) is 11.7. The average Bonchev–Trinajstić information content (AvgIpc) is 3.29. The molecule has 1 aliphatic heterocycles. The van der Waals surface area contributed by atoms with Crippen molar-refractivity contribution in [2.75, 3.05) is 27.9 Å². The van der Waals surface area contributed by atoms with Crippen LogP contribution in [0, 0.1) is 0 Å². The molecule has 0 aliphatic carbocycles. The van der Waals surface area contributed by atoms with E-state index in [-0.39, 0.29) is 6.04 Å². The zero-order valence-electron chi connectivity index (χ0n) is 21.5. The summed E-state index contributed by atoms with van der Waals surface area (Å²) in [5, 5.41) is 12.3. The molecule has 1 aliphatic rings. The Hall–Kier alpha value is -4.17. The molecule has 0 bridgehead atoms. The molecule has 0 amide bonds. The van der Waals surface area contributed by atoms with Crippen molar-refractivity contribution in [1.82, 2.24) is 10.3 Å². The van der Waals surface area contributed by atoms with Gasteiger partial charge in [0, 0.05) is 30.1 Å². The number of ether oxygens (including phenoxy) is 4. The number of methoxy groups -OCH3 is 3. The molecule has 8 nitrogen and oxygen atoms in total. The predicted octanol–water partition coefficient (Wildman–Crippen LogP) is 5.10. The van der Waals surface area contributed by atoms with Gasteiger partial charge in [-0.25, -0.2) is 0 Å². The maximum atomic E-state index is 9.00. The second-order valence-electron chi connectivity index (χ2n) is 8.61. The SMILES string of the molecule is CC(=O)O.COc1cc(C2NCCc3c2[nH]c2ccc(OCc4ccccc4)cc32)cc(OC)c1OC. The van der Waals surface area contributed by atoms with Crippen molar-refractivity contribution in [3.05, 3.63) is 83.0 Å². The smallest absolute Gasteiger partial charge is 0.300 e. The van der Waals surface area contributed by atoms with Crippen LogP contribution >= 0.6 is 0 Å². The molecular formula is C29H32N2O6. The molecule has 0 radical (unpaired) electrons. The summed E-state index contributed by atoms with van der Waals surface area (Å²) in [4.78, 5) is 12.6. The Morgan fingerprint density at radius 1 is 0.973 bits per heavy atom. The van der Waals surface area contributed by atoms with E-state index >= 15 is 0 Å². The number of hydrogen-bond acceptors (Lipinski definition) is 6. The monoisotopic (exact) mass is 504 g/mol. The van der Waals surface area contributed by atoms with Crippen molar-refractivity contribution in [2.24, 2.45) is 0 Å². The molecule has 3 aromatic carbocycles. The van der Waals surface area contributed by atoms with E-state index in [9.17, 15) is 0 Å². The summed E-state index contributed by atoms with van der Waals surface area (Å²) < 4.78 is 22.7. The molecule has 1 unspecified atom stereocenters. The largest absolute Gasteiger partial charge is 0.493 e. The number of benzene rings is 3. The summed E-state index contributed by atoms with van der Waals surface area (Å²) in [6.45, 7) is 2.50. The van der Waals surface area contributed by atoms with Crippen molar-refractivity contribution in [1.29, 1.82) is 0 Å². The first-order valence-electron chi connectivity index (χ1n) is 12.0. The Bertz CT molecular complexity index is 1340. The summed E-state index contributed by atoms with van der Waals surface area (Å²) in [7, 11) is 4.90. The zero-order valence-corrected chi connectivity index (χ0v) is 21.5. The van der Waals surface area contributed by atoms with E-state index in [1.54, 1.807) is 21.3 Å². The van der Waals surface area contributed by atoms with Crippen molar-refractivity contribution >= 4 is 16.9 Å². The van der Waals surface area contributed by atoms with Gasteiger partial charge < -0.3 is 34.4 Å². The van der Waals surface area contributed by atoms with E-state index in [2.05, 4.69) is 34.6 Å². The van der Waals surface area contributed by atoms with E-state index in [1.165, 1.54) is 10.9 Å². The number of fused-ring (bicyclic) bond motifs is 3. The second-order valence-corrected chi connectivity index (χ2v) is 8.61. The van der Waals surface area contributed by atoms with Gasteiger partial charge in [0.1, 0.15) is 12.4 Å². The van der Waals surface area contributed by atoms with Crippen molar-refractivity contribution in [2.45, 2.75) is 26.0 Å². The van der Waals surface area contributed by atoms with Gasteiger partial charge in [0.2, 0.25) is 5.75 Å². The fourth-order valence-corrected chi connectivity index (χ4v) is 4.59. The fraction of sp³-hybridized carbons (Fsp3) is 0.276. The Morgan fingerprint density at radius 3 is 2.27 bits per heavy atom. The van der Waals surface area contributed by atoms with E-state index in [1.807, 2.05) is 36.4 Å². The molecule has 8 heteroatoms. The molecule has 1 aromatic heterocycles. The number of carbonyl (C=O) groups is 1.